The Labute approximate surface area is 159 Å². The van der Waals surface area contributed by atoms with E-state index in [9.17, 15) is 9.59 Å². The lowest BCUT2D eigenvalue weighted by atomic mass is 10.0. The predicted octanol–water partition coefficient (Wildman–Crippen LogP) is 4.12. The predicted molar refractivity (Wildman–Crippen MR) is 99.1 cm³/mol. The third kappa shape index (κ3) is 3.11. The van der Waals surface area contributed by atoms with Crippen molar-refractivity contribution in [1.82, 2.24) is 10.0 Å². The van der Waals surface area contributed by atoms with Crippen LogP contribution in [0.1, 0.15) is 31.4 Å². The first-order chi connectivity index (χ1) is 11.4. The number of allylic oxidation sites excluding steroid dienone is 2. The Bertz CT molecular complexity index is 876. The van der Waals surface area contributed by atoms with E-state index in [1.165, 1.54) is 14.2 Å². The molecule has 0 spiro atoms. The van der Waals surface area contributed by atoms with Gasteiger partial charge in [-0.3, -0.25) is 14.4 Å². The lowest BCUT2D eigenvalue weighted by Gasteiger charge is -2.11. The Morgan fingerprint density at radius 2 is 2.08 bits per heavy atom. The van der Waals surface area contributed by atoms with Gasteiger partial charge in [-0.05, 0) is 29.7 Å². The summed E-state index contributed by atoms with van der Waals surface area (Å²) in [6.45, 7) is 0. The smallest absolute Gasteiger partial charge is 0.286 e. The second-order valence-electron chi connectivity index (χ2n) is 5.09. The van der Waals surface area contributed by atoms with Crippen LogP contribution in [0.4, 0.5) is 0 Å². The van der Waals surface area contributed by atoms with Gasteiger partial charge in [0.25, 0.3) is 5.91 Å². The van der Waals surface area contributed by atoms with E-state index < -0.39 is 0 Å². The van der Waals surface area contributed by atoms with Crippen molar-refractivity contribution < 1.29 is 14.4 Å². The summed E-state index contributed by atoms with van der Waals surface area (Å²) in [5, 5.41) is 2.93. The number of ketones is 1. The largest absolute Gasteiger partial charge is 0.296 e. The first-order valence-corrected chi connectivity index (χ1v) is 9.39. The summed E-state index contributed by atoms with van der Waals surface area (Å²) in [6, 6.07) is 3.88. The van der Waals surface area contributed by atoms with E-state index in [2.05, 4.69) is 36.8 Å². The third-order valence-corrected chi connectivity index (χ3v) is 5.69. The Kier molecular flexibility index (Phi) is 5.00. The van der Waals surface area contributed by atoms with Crippen molar-refractivity contribution in [3.05, 3.63) is 54.4 Å². The van der Waals surface area contributed by atoms with Gasteiger partial charge in [0, 0.05) is 26.9 Å². The number of rotatable bonds is 4. The fraction of sp³-hybridized carbons (Fsp3) is 0.188. The zero-order chi connectivity index (χ0) is 17.4. The van der Waals surface area contributed by atoms with Crippen molar-refractivity contribution in [3.63, 3.8) is 0 Å². The Morgan fingerprint density at radius 3 is 2.79 bits per heavy atom. The molecule has 0 fully saturated rings. The molecule has 1 aromatic heterocycles. The maximum Gasteiger partial charge on any atom is 0.296 e. The van der Waals surface area contributed by atoms with E-state index in [1.807, 2.05) is 18.2 Å². The molecule has 8 heteroatoms. The summed E-state index contributed by atoms with van der Waals surface area (Å²) < 4.78 is 1.85. The van der Waals surface area contributed by atoms with Crippen LogP contribution in [-0.4, -0.2) is 35.9 Å². The van der Waals surface area contributed by atoms with Crippen LogP contribution in [0.2, 0.25) is 0 Å². The SMILES string of the molecule is CON(C)C(=O)c1csc(C(=O)C2=CCc3c(Br)cc(Br)cc32)n1. The van der Waals surface area contributed by atoms with Crippen LogP contribution in [0.5, 0.6) is 0 Å². The van der Waals surface area contributed by atoms with Crippen LogP contribution in [-0.2, 0) is 11.3 Å². The van der Waals surface area contributed by atoms with E-state index in [0.29, 0.717) is 12.0 Å². The van der Waals surface area contributed by atoms with Gasteiger partial charge < -0.3 is 0 Å². The number of hydrogen-bond donors (Lipinski definition) is 0. The molecule has 3 rings (SSSR count). The van der Waals surface area contributed by atoms with Crippen LogP contribution in [0.3, 0.4) is 0 Å². The standard InChI is InChI=1S/C16H12Br2N2O3S/c1-20(23-2)16(22)13-7-24-15(19-13)14(21)10-4-3-9-11(10)5-8(17)6-12(9)18/h4-7H,3H2,1-2H3. The fourth-order valence-corrected chi connectivity index (χ4v) is 4.55. The molecule has 124 valence electrons. The van der Waals surface area contributed by atoms with Crippen molar-refractivity contribution in [2.75, 3.05) is 14.2 Å². The molecular formula is C16H12Br2N2O3S. The molecule has 0 unspecified atom stereocenters. The second-order valence-corrected chi connectivity index (χ2v) is 7.72. The molecule has 0 N–H and O–H groups in total. The quantitative estimate of drug-likeness (QED) is 0.497. The van der Waals surface area contributed by atoms with Crippen LogP contribution >= 0.6 is 43.2 Å². The minimum absolute atomic E-state index is 0.178. The van der Waals surface area contributed by atoms with Gasteiger partial charge in [0.1, 0.15) is 5.69 Å². The first-order valence-electron chi connectivity index (χ1n) is 6.93. The van der Waals surface area contributed by atoms with Gasteiger partial charge in [-0.15, -0.1) is 11.3 Å². The first kappa shape index (κ1) is 17.5. The molecule has 0 bridgehead atoms. The number of fused-ring (bicyclic) bond motifs is 1. The second kappa shape index (κ2) is 6.87. The van der Waals surface area contributed by atoms with E-state index in [-0.39, 0.29) is 22.4 Å². The zero-order valence-corrected chi connectivity index (χ0v) is 16.8. The topological polar surface area (TPSA) is 59.5 Å². The molecule has 1 aliphatic rings. The van der Waals surface area contributed by atoms with Crippen molar-refractivity contribution in [3.8, 4) is 0 Å². The van der Waals surface area contributed by atoms with E-state index in [4.69, 9.17) is 4.84 Å². The number of amides is 1. The average Bonchev–Trinajstić information content (AvgIpc) is 3.19. The number of halogens is 2. The number of hydrogen-bond acceptors (Lipinski definition) is 5. The normalized spacial score (nSPS) is 12.8. The number of benzene rings is 1. The number of carbonyl (C=O) groups is 2. The lowest BCUT2D eigenvalue weighted by molar-refractivity contribution is -0.0760. The Balaban J connectivity index is 1.91. The van der Waals surface area contributed by atoms with Gasteiger partial charge in [-0.1, -0.05) is 37.9 Å². The molecule has 0 aliphatic heterocycles. The monoisotopic (exact) mass is 470 g/mol. The maximum atomic E-state index is 12.8. The van der Waals surface area contributed by atoms with Gasteiger partial charge in [0.2, 0.25) is 5.78 Å². The van der Waals surface area contributed by atoms with Gasteiger partial charge in [-0.25, -0.2) is 10.0 Å². The van der Waals surface area contributed by atoms with Crippen molar-refractivity contribution in [2.24, 2.45) is 0 Å². The maximum absolute atomic E-state index is 12.8. The highest BCUT2D eigenvalue weighted by molar-refractivity contribution is 9.11. The van der Waals surface area contributed by atoms with Crippen molar-refractivity contribution in [1.29, 1.82) is 0 Å². The van der Waals surface area contributed by atoms with Crippen LogP contribution in [0, 0.1) is 0 Å². The molecule has 0 radical (unpaired) electrons. The minimum atomic E-state index is -0.390. The molecule has 24 heavy (non-hydrogen) atoms. The highest BCUT2D eigenvalue weighted by atomic mass is 79.9. The summed E-state index contributed by atoms with van der Waals surface area (Å²) in [5.41, 5.74) is 2.77. The number of aromatic nitrogens is 1. The number of nitrogens with zero attached hydrogens (tertiary/aromatic N) is 2. The molecular weight excluding hydrogens is 460 g/mol. The molecule has 0 saturated heterocycles. The molecule has 0 saturated carbocycles. The van der Waals surface area contributed by atoms with E-state index in [0.717, 1.165) is 36.5 Å². The van der Waals surface area contributed by atoms with Gasteiger partial charge in [0.15, 0.2) is 5.01 Å². The summed E-state index contributed by atoms with van der Waals surface area (Å²) in [4.78, 5) is 33.9. The number of hydroxylamine groups is 2. The number of carbonyl (C=O) groups excluding carboxylic acids is 2. The number of thiazole rings is 1. The average molecular weight is 472 g/mol. The lowest BCUT2D eigenvalue weighted by Crippen LogP contribution is -2.25. The van der Waals surface area contributed by atoms with E-state index in [1.54, 1.807) is 5.38 Å². The van der Waals surface area contributed by atoms with Crippen molar-refractivity contribution >= 4 is 60.5 Å². The third-order valence-electron chi connectivity index (χ3n) is 3.68. The Morgan fingerprint density at radius 1 is 1.33 bits per heavy atom. The van der Waals surface area contributed by atoms with Crippen LogP contribution < -0.4 is 0 Å². The summed E-state index contributed by atoms with van der Waals surface area (Å²) in [7, 11) is 2.89. The van der Waals surface area contributed by atoms with Gasteiger partial charge in [-0.2, -0.15) is 0 Å². The molecule has 2 aromatic rings. The van der Waals surface area contributed by atoms with Crippen LogP contribution in [0.25, 0.3) is 5.57 Å². The molecule has 1 amide bonds. The molecule has 1 heterocycles. The number of Topliss-reactive ketones (excluding diaryl/α,β-unsaturated/α-hetero) is 1. The molecule has 1 aliphatic carbocycles. The van der Waals surface area contributed by atoms with Crippen LogP contribution in [0.15, 0.2) is 32.5 Å². The summed E-state index contributed by atoms with van der Waals surface area (Å²) >= 11 is 8.13. The molecule has 0 atom stereocenters. The highest BCUT2D eigenvalue weighted by Crippen LogP contribution is 2.37. The van der Waals surface area contributed by atoms with Gasteiger partial charge >= 0.3 is 0 Å². The Hall–Kier alpha value is -1.35. The van der Waals surface area contributed by atoms with E-state index >= 15 is 0 Å². The van der Waals surface area contributed by atoms with Crippen molar-refractivity contribution in [2.45, 2.75) is 6.42 Å². The molecule has 1 aromatic carbocycles. The zero-order valence-electron chi connectivity index (χ0n) is 12.8. The summed E-state index contributed by atoms with van der Waals surface area (Å²) in [5.74, 6) is -0.568. The molecule has 5 nitrogen and oxygen atoms in total. The minimum Gasteiger partial charge on any atom is -0.286 e. The highest BCUT2D eigenvalue weighted by Gasteiger charge is 2.26. The fourth-order valence-electron chi connectivity index (χ4n) is 2.42. The summed E-state index contributed by atoms with van der Waals surface area (Å²) in [6.07, 6.45) is 2.59. The van der Waals surface area contributed by atoms with Gasteiger partial charge in [0.05, 0.1) is 7.11 Å².